The molecule has 39 heavy (non-hydrogen) atoms. The lowest BCUT2D eigenvalue weighted by Crippen LogP contribution is -2.41. The zero-order chi connectivity index (χ0) is 28.2. The number of alkyl halides is 6. The van der Waals surface area contributed by atoms with Crippen LogP contribution in [0.2, 0.25) is 0 Å². The highest BCUT2D eigenvalue weighted by Crippen LogP contribution is 2.68. The molecule has 0 N–H and O–H groups in total. The van der Waals surface area contributed by atoms with Crippen molar-refractivity contribution in [2.45, 2.75) is 44.3 Å². The van der Waals surface area contributed by atoms with E-state index in [4.69, 9.17) is 0 Å². The standard InChI is InChI=1S/C30H28F6N2O/c1-19(22-13-23(29(31,32)33)15-24(14-22)30(34,35)36)37(2)27(39)28-16-25(28)18-38(17-20-9-5-3-6-10-20)26(28)21-11-7-4-8-12-21/h3-15,19,25-26H,16-18H2,1-2H3. The van der Waals surface area contributed by atoms with Gasteiger partial charge < -0.3 is 4.90 Å². The van der Waals surface area contributed by atoms with Gasteiger partial charge in [0.2, 0.25) is 5.91 Å². The van der Waals surface area contributed by atoms with Gasteiger partial charge in [-0.2, -0.15) is 26.3 Å². The molecule has 1 amide bonds. The van der Waals surface area contributed by atoms with Gasteiger partial charge in [0.1, 0.15) is 0 Å². The first-order valence-corrected chi connectivity index (χ1v) is 12.7. The van der Waals surface area contributed by atoms with Crippen molar-refractivity contribution >= 4 is 5.91 Å². The van der Waals surface area contributed by atoms with Crippen LogP contribution < -0.4 is 0 Å². The first-order valence-electron chi connectivity index (χ1n) is 12.7. The summed E-state index contributed by atoms with van der Waals surface area (Å²) in [5.41, 5.74) is -1.74. The Hall–Kier alpha value is -3.33. The first kappa shape index (κ1) is 27.2. The molecular weight excluding hydrogens is 518 g/mol. The minimum absolute atomic E-state index is 0.0424. The molecule has 3 nitrogen and oxygen atoms in total. The summed E-state index contributed by atoms with van der Waals surface area (Å²) in [5, 5.41) is 0. The normalized spacial score (nSPS) is 23.8. The molecule has 4 unspecified atom stereocenters. The molecule has 2 fully saturated rings. The minimum Gasteiger partial charge on any atom is -0.338 e. The number of hydrogen-bond acceptors (Lipinski definition) is 2. The molecule has 1 heterocycles. The Bertz CT molecular complexity index is 1310. The van der Waals surface area contributed by atoms with E-state index in [1.807, 2.05) is 60.7 Å². The Kier molecular flexibility index (Phi) is 6.77. The van der Waals surface area contributed by atoms with Crippen molar-refractivity contribution < 1.29 is 31.1 Å². The SMILES string of the molecule is CC(c1cc(C(F)(F)F)cc(C(F)(F)F)c1)N(C)C(=O)C12CC1CN(Cc1ccccc1)C2c1ccccc1. The Labute approximate surface area is 223 Å². The van der Waals surface area contributed by atoms with E-state index in [0.29, 0.717) is 31.6 Å². The van der Waals surface area contributed by atoms with E-state index in [-0.39, 0.29) is 29.5 Å². The van der Waals surface area contributed by atoms with Crippen LogP contribution in [0.3, 0.4) is 0 Å². The second kappa shape index (κ2) is 9.70. The zero-order valence-electron chi connectivity index (χ0n) is 21.4. The largest absolute Gasteiger partial charge is 0.416 e. The van der Waals surface area contributed by atoms with E-state index in [1.54, 1.807) is 0 Å². The summed E-state index contributed by atoms with van der Waals surface area (Å²) in [6.45, 7) is 2.76. The van der Waals surface area contributed by atoms with Crippen molar-refractivity contribution in [3.05, 3.63) is 107 Å². The highest BCUT2D eigenvalue weighted by molar-refractivity contribution is 5.88. The van der Waals surface area contributed by atoms with Gasteiger partial charge in [-0.1, -0.05) is 60.7 Å². The molecule has 1 saturated heterocycles. The van der Waals surface area contributed by atoms with Crippen LogP contribution in [-0.4, -0.2) is 29.3 Å². The van der Waals surface area contributed by atoms with Crippen molar-refractivity contribution in [1.29, 1.82) is 0 Å². The summed E-state index contributed by atoms with van der Waals surface area (Å²) >= 11 is 0. The number of nitrogens with zero attached hydrogens (tertiary/aromatic N) is 2. The fourth-order valence-corrected chi connectivity index (χ4v) is 6.07. The van der Waals surface area contributed by atoms with Crippen molar-refractivity contribution in [2.24, 2.45) is 11.3 Å². The molecule has 5 rings (SSSR count). The predicted octanol–water partition coefficient (Wildman–Crippen LogP) is 7.51. The number of carbonyl (C=O) groups excluding carboxylic acids is 1. The zero-order valence-corrected chi connectivity index (χ0v) is 21.4. The molecule has 206 valence electrons. The lowest BCUT2D eigenvalue weighted by molar-refractivity contribution is -0.143. The molecule has 0 radical (unpaired) electrons. The van der Waals surface area contributed by atoms with Gasteiger partial charge in [-0.15, -0.1) is 0 Å². The molecule has 0 spiro atoms. The molecule has 9 heteroatoms. The molecule has 1 aliphatic heterocycles. The van der Waals surface area contributed by atoms with Gasteiger partial charge in [-0.05, 0) is 54.2 Å². The Morgan fingerprint density at radius 3 is 2.00 bits per heavy atom. The summed E-state index contributed by atoms with van der Waals surface area (Å²) in [6, 6.07) is 19.7. The van der Waals surface area contributed by atoms with Crippen LogP contribution in [0.4, 0.5) is 26.3 Å². The predicted molar refractivity (Wildman–Crippen MR) is 134 cm³/mol. The fourth-order valence-electron chi connectivity index (χ4n) is 6.07. The highest BCUT2D eigenvalue weighted by Gasteiger charge is 2.71. The van der Waals surface area contributed by atoms with Gasteiger partial charge >= 0.3 is 12.4 Å². The van der Waals surface area contributed by atoms with Crippen molar-refractivity contribution in [3.63, 3.8) is 0 Å². The average Bonchev–Trinajstić information content (AvgIpc) is 3.52. The van der Waals surface area contributed by atoms with Crippen LogP contribution in [0.5, 0.6) is 0 Å². The van der Waals surface area contributed by atoms with E-state index in [2.05, 4.69) is 4.90 Å². The number of fused-ring (bicyclic) bond motifs is 1. The molecule has 1 aliphatic carbocycles. The summed E-state index contributed by atoms with van der Waals surface area (Å²) in [5.74, 6) is -0.226. The first-order chi connectivity index (χ1) is 18.3. The third kappa shape index (κ3) is 5.04. The lowest BCUT2D eigenvalue weighted by Gasteiger charge is -2.36. The molecular formula is C30H28F6N2O. The average molecular weight is 547 g/mol. The quantitative estimate of drug-likeness (QED) is 0.299. The Morgan fingerprint density at radius 2 is 1.46 bits per heavy atom. The number of piperidine rings is 1. The van der Waals surface area contributed by atoms with Crippen LogP contribution >= 0.6 is 0 Å². The van der Waals surface area contributed by atoms with Gasteiger partial charge in [0.15, 0.2) is 0 Å². The number of benzene rings is 3. The van der Waals surface area contributed by atoms with Gasteiger partial charge in [0, 0.05) is 26.2 Å². The number of likely N-dealkylation sites (tertiary alicyclic amines) is 1. The molecule has 4 atom stereocenters. The van der Waals surface area contributed by atoms with E-state index in [9.17, 15) is 31.1 Å². The van der Waals surface area contributed by atoms with Gasteiger partial charge in [0.05, 0.1) is 22.6 Å². The number of carbonyl (C=O) groups is 1. The summed E-state index contributed by atoms with van der Waals surface area (Å²) < 4.78 is 80.9. The van der Waals surface area contributed by atoms with E-state index < -0.39 is 34.9 Å². The minimum atomic E-state index is -4.96. The molecule has 3 aromatic rings. The molecule has 0 bridgehead atoms. The summed E-state index contributed by atoms with van der Waals surface area (Å²) in [7, 11) is 1.46. The van der Waals surface area contributed by atoms with Gasteiger partial charge in [0.25, 0.3) is 0 Å². The van der Waals surface area contributed by atoms with E-state index in [0.717, 1.165) is 11.1 Å². The molecule has 0 aromatic heterocycles. The number of amides is 1. The number of rotatable bonds is 6. The van der Waals surface area contributed by atoms with Crippen LogP contribution in [-0.2, 0) is 23.7 Å². The third-order valence-corrected chi connectivity index (χ3v) is 8.20. The summed E-state index contributed by atoms with van der Waals surface area (Å²) in [6.07, 6.45) is -9.30. The van der Waals surface area contributed by atoms with Crippen molar-refractivity contribution in [2.75, 3.05) is 13.6 Å². The second-order valence-corrected chi connectivity index (χ2v) is 10.6. The van der Waals surface area contributed by atoms with Crippen molar-refractivity contribution in [1.82, 2.24) is 9.80 Å². The maximum absolute atomic E-state index is 14.1. The van der Waals surface area contributed by atoms with Gasteiger partial charge in [-0.25, -0.2) is 0 Å². The van der Waals surface area contributed by atoms with Crippen LogP contribution in [0.25, 0.3) is 0 Å². The smallest absolute Gasteiger partial charge is 0.338 e. The third-order valence-electron chi connectivity index (χ3n) is 8.20. The van der Waals surface area contributed by atoms with Crippen LogP contribution in [0, 0.1) is 11.3 Å². The monoisotopic (exact) mass is 546 g/mol. The molecule has 1 saturated carbocycles. The van der Waals surface area contributed by atoms with Crippen LogP contribution in [0.15, 0.2) is 78.9 Å². The van der Waals surface area contributed by atoms with Crippen LogP contribution in [0.1, 0.15) is 53.2 Å². The number of hydrogen-bond donors (Lipinski definition) is 0. The molecule has 2 aliphatic rings. The second-order valence-electron chi connectivity index (χ2n) is 10.6. The topological polar surface area (TPSA) is 23.6 Å². The lowest BCUT2D eigenvalue weighted by atomic mass is 9.87. The van der Waals surface area contributed by atoms with Gasteiger partial charge in [-0.3, -0.25) is 9.69 Å². The number of halogens is 6. The highest BCUT2D eigenvalue weighted by atomic mass is 19.4. The van der Waals surface area contributed by atoms with Crippen molar-refractivity contribution in [3.8, 4) is 0 Å². The molecule has 3 aromatic carbocycles. The van der Waals surface area contributed by atoms with E-state index in [1.165, 1.54) is 18.9 Å². The fraction of sp³-hybridized carbons (Fsp3) is 0.367. The Balaban J connectivity index is 1.48. The maximum Gasteiger partial charge on any atom is 0.416 e. The van der Waals surface area contributed by atoms with E-state index >= 15 is 0 Å². The Morgan fingerprint density at radius 1 is 0.923 bits per heavy atom. The summed E-state index contributed by atoms with van der Waals surface area (Å²) in [4.78, 5) is 17.7. The maximum atomic E-state index is 14.1.